The summed E-state index contributed by atoms with van der Waals surface area (Å²) in [4.78, 5) is 0. The van der Waals surface area contributed by atoms with Gasteiger partial charge in [0.25, 0.3) is 0 Å². The van der Waals surface area contributed by atoms with Gasteiger partial charge in [0.05, 0.1) is 0 Å². The molecule has 2 atom stereocenters. The molecule has 1 aliphatic rings. The Hall–Kier alpha value is -0.0400. The minimum Gasteiger partial charge on any atom is -0.241 e. The third kappa shape index (κ3) is 1.48. The Bertz CT molecular complexity index is 62.8. The van der Waals surface area contributed by atoms with Crippen LogP contribution in [0.1, 0.15) is 20.3 Å². The Morgan fingerprint density at radius 1 is 1.12 bits per heavy atom. The smallest absolute Gasteiger partial charge is 0.0159 e. The van der Waals surface area contributed by atoms with Gasteiger partial charge in [0.2, 0.25) is 0 Å². The molecule has 1 saturated heterocycles. The van der Waals surface area contributed by atoms with Crippen molar-refractivity contribution >= 4 is 0 Å². The van der Waals surface area contributed by atoms with Crippen LogP contribution in [0.15, 0.2) is 0 Å². The predicted octanol–water partition coefficient (Wildman–Crippen LogP) is 1.27. The van der Waals surface area contributed by atoms with Crippen molar-refractivity contribution in [1.82, 2.24) is 5.32 Å². The van der Waals surface area contributed by atoms with E-state index in [4.69, 9.17) is 0 Å². The van der Waals surface area contributed by atoms with Gasteiger partial charge < -0.3 is 0 Å². The van der Waals surface area contributed by atoms with Gasteiger partial charge in [-0.1, -0.05) is 13.8 Å². The van der Waals surface area contributed by atoms with Crippen LogP contribution in [0.3, 0.4) is 0 Å². The van der Waals surface area contributed by atoms with Gasteiger partial charge >= 0.3 is 0 Å². The van der Waals surface area contributed by atoms with Gasteiger partial charge in [0.1, 0.15) is 0 Å². The lowest BCUT2D eigenvalue weighted by Crippen LogP contribution is -2.28. The molecular formula is C7H14N. The van der Waals surface area contributed by atoms with Gasteiger partial charge in [-0.25, -0.2) is 5.32 Å². The summed E-state index contributed by atoms with van der Waals surface area (Å²) in [5, 5.41) is 4.34. The van der Waals surface area contributed by atoms with Crippen molar-refractivity contribution in [2.45, 2.75) is 20.3 Å². The predicted molar refractivity (Wildman–Crippen MR) is 34.8 cm³/mol. The Labute approximate surface area is 51.5 Å². The Morgan fingerprint density at radius 3 is 1.88 bits per heavy atom. The lowest BCUT2D eigenvalue weighted by molar-refractivity contribution is 0.316. The third-order valence-electron chi connectivity index (χ3n) is 1.69. The zero-order valence-corrected chi connectivity index (χ0v) is 5.72. The van der Waals surface area contributed by atoms with Crippen molar-refractivity contribution in [3.8, 4) is 0 Å². The number of nitrogens with zero attached hydrogens (tertiary/aromatic N) is 1. The molecule has 0 bridgehead atoms. The van der Waals surface area contributed by atoms with Crippen LogP contribution in [-0.4, -0.2) is 13.1 Å². The van der Waals surface area contributed by atoms with Crippen LogP contribution in [0.4, 0.5) is 0 Å². The summed E-state index contributed by atoms with van der Waals surface area (Å²) in [6, 6.07) is 0. The van der Waals surface area contributed by atoms with Crippen molar-refractivity contribution in [2.24, 2.45) is 11.8 Å². The summed E-state index contributed by atoms with van der Waals surface area (Å²) in [5.41, 5.74) is 0. The van der Waals surface area contributed by atoms with Gasteiger partial charge in [-0.05, 0) is 18.3 Å². The third-order valence-corrected chi connectivity index (χ3v) is 1.69. The summed E-state index contributed by atoms with van der Waals surface area (Å²) in [6.07, 6.45) is 1.38. The zero-order chi connectivity index (χ0) is 5.98. The van der Waals surface area contributed by atoms with E-state index in [0.717, 1.165) is 24.9 Å². The Morgan fingerprint density at radius 2 is 1.62 bits per heavy atom. The largest absolute Gasteiger partial charge is 0.241 e. The lowest BCUT2D eigenvalue weighted by Gasteiger charge is -2.22. The molecule has 8 heavy (non-hydrogen) atoms. The average Bonchev–Trinajstić information content (AvgIpc) is 1.64. The second-order valence-corrected chi connectivity index (χ2v) is 3.03. The fourth-order valence-corrected chi connectivity index (χ4v) is 1.35. The van der Waals surface area contributed by atoms with E-state index < -0.39 is 0 Å². The maximum absolute atomic E-state index is 4.34. The van der Waals surface area contributed by atoms with E-state index in [2.05, 4.69) is 19.2 Å². The van der Waals surface area contributed by atoms with E-state index in [9.17, 15) is 0 Å². The second-order valence-electron chi connectivity index (χ2n) is 3.03. The van der Waals surface area contributed by atoms with E-state index >= 15 is 0 Å². The molecule has 0 aliphatic carbocycles. The molecule has 1 radical (unpaired) electrons. The SMILES string of the molecule is C[C@@H]1C[N]C[C@H](C)C1. The Kier molecular flexibility index (Phi) is 1.90. The first-order chi connectivity index (χ1) is 3.79. The molecule has 1 rings (SSSR count). The minimum atomic E-state index is 0.846. The van der Waals surface area contributed by atoms with Crippen LogP contribution in [0.5, 0.6) is 0 Å². The number of piperidine rings is 1. The molecule has 1 fully saturated rings. The molecule has 47 valence electrons. The summed E-state index contributed by atoms with van der Waals surface area (Å²) >= 11 is 0. The molecule has 1 aliphatic heterocycles. The van der Waals surface area contributed by atoms with Crippen LogP contribution < -0.4 is 5.32 Å². The standard InChI is InChI=1S/C7H14N/c1-6-3-7(2)5-8-4-6/h6-7H,3-5H2,1-2H3/t6-,7+. The minimum absolute atomic E-state index is 0.846. The number of hydrogen-bond acceptors (Lipinski definition) is 0. The maximum atomic E-state index is 4.34. The maximum Gasteiger partial charge on any atom is 0.0159 e. The van der Waals surface area contributed by atoms with E-state index in [-0.39, 0.29) is 0 Å². The molecule has 0 aromatic heterocycles. The highest BCUT2D eigenvalue weighted by atomic mass is 14.9. The first-order valence-electron chi connectivity index (χ1n) is 3.42. The van der Waals surface area contributed by atoms with Gasteiger partial charge in [-0.2, -0.15) is 0 Å². The fourth-order valence-electron chi connectivity index (χ4n) is 1.35. The first-order valence-corrected chi connectivity index (χ1v) is 3.42. The fraction of sp³-hybridized carbons (Fsp3) is 1.00. The molecule has 0 unspecified atom stereocenters. The highest BCUT2D eigenvalue weighted by Crippen LogP contribution is 2.14. The van der Waals surface area contributed by atoms with Gasteiger partial charge in [-0.15, -0.1) is 0 Å². The molecule has 0 aromatic carbocycles. The molecule has 1 nitrogen and oxygen atoms in total. The lowest BCUT2D eigenvalue weighted by atomic mass is 9.94. The van der Waals surface area contributed by atoms with Crippen molar-refractivity contribution in [1.29, 1.82) is 0 Å². The topological polar surface area (TPSA) is 14.1 Å². The van der Waals surface area contributed by atoms with E-state index in [1.54, 1.807) is 0 Å². The van der Waals surface area contributed by atoms with Crippen LogP contribution in [0, 0.1) is 11.8 Å². The molecule has 0 saturated carbocycles. The number of rotatable bonds is 0. The van der Waals surface area contributed by atoms with Gasteiger partial charge in [0.15, 0.2) is 0 Å². The van der Waals surface area contributed by atoms with Crippen LogP contribution in [0.25, 0.3) is 0 Å². The van der Waals surface area contributed by atoms with Crippen molar-refractivity contribution in [3.63, 3.8) is 0 Å². The van der Waals surface area contributed by atoms with Crippen LogP contribution in [0.2, 0.25) is 0 Å². The molecule has 1 heteroatoms. The average molecular weight is 112 g/mol. The Balaban J connectivity index is 2.23. The van der Waals surface area contributed by atoms with E-state index in [1.165, 1.54) is 6.42 Å². The van der Waals surface area contributed by atoms with Crippen LogP contribution in [-0.2, 0) is 0 Å². The molecule has 0 spiro atoms. The first kappa shape index (κ1) is 6.09. The van der Waals surface area contributed by atoms with Crippen molar-refractivity contribution < 1.29 is 0 Å². The highest BCUT2D eigenvalue weighted by Gasteiger charge is 2.14. The summed E-state index contributed by atoms with van der Waals surface area (Å²) in [5.74, 6) is 1.69. The van der Waals surface area contributed by atoms with E-state index in [0.29, 0.717) is 0 Å². The number of hydrogen-bond donors (Lipinski definition) is 0. The summed E-state index contributed by atoms with van der Waals surface area (Å²) in [7, 11) is 0. The van der Waals surface area contributed by atoms with Gasteiger partial charge in [0, 0.05) is 13.1 Å². The molecule has 1 heterocycles. The van der Waals surface area contributed by atoms with Crippen molar-refractivity contribution in [3.05, 3.63) is 0 Å². The van der Waals surface area contributed by atoms with Gasteiger partial charge in [-0.3, -0.25) is 0 Å². The van der Waals surface area contributed by atoms with E-state index in [1.807, 2.05) is 0 Å². The van der Waals surface area contributed by atoms with Crippen molar-refractivity contribution in [2.75, 3.05) is 13.1 Å². The summed E-state index contributed by atoms with van der Waals surface area (Å²) < 4.78 is 0. The molecular weight excluding hydrogens is 98.1 g/mol. The zero-order valence-electron chi connectivity index (χ0n) is 5.72. The van der Waals surface area contributed by atoms with Crippen LogP contribution >= 0.6 is 0 Å². The molecule has 0 aromatic rings. The second kappa shape index (κ2) is 2.49. The summed E-state index contributed by atoms with van der Waals surface area (Å²) in [6.45, 7) is 6.76. The molecule has 0 amide bonds. The monoisotopic (exact) mass is 112 g/mol. The molecule has 0 N–H and O–H groups in total. The normalized spacial score (nSPS) is 39.8. The quantitative estimate of drug-likeness (QED) is 0.448. The highest BCUT2D eigenvalue weighted by molar-refractivity contribution is 4.69.